The number of aromatic nitrogens is 2. The molecule has 0 aliphatic carbocycles. The Morgan fingerprint density at radius 3 is 3.05 bits per heavy atom. The van der Waals surface area contributed by atoms with Gasteiger partial charge in [0.1, 0.15) is 0 Å². The third kappa shape index (κ3) is 3.31. The molecular weight excluding hydrogens is 266 g/mol. The fourth-order valence-electron chi connectivity index (χ4n) is 2.89. The second-order valence-corrected chi connectivity index (χ2v) is 5.66. The Morgan fingerprint density at radius 2 is 2.24 bits per heavy atom. The van der Waals surface area contributed by atoms with Crippen LogP contribution in [0.25, 0.3) is 0 Å². The van der Waals surface area contributed by atoms with Crippen LogP contribution in [-0.4, -0.2) is 39.3 Å². The summed E-state index contributed by atoms with van der Waals surface area (Å²) in [4.78, 5) is 6.70. The van der Waals surface area contributed by atoms with Crippen LogP contribution in [0.2, 0.25) is 0 Å². The van der Waals surface area contributed by atoms with E-state index in [0.29, 0.717) is 24.7 Å². The van der Waals surface area contributed by atoms with Gasteiger partial charge in [-0.15, -0.1) is 0 Å². The van der Waals surface area contributed by atoms with E-state index >= 15 is 0 Å². The lowest BCUT2D eigenvalue weighted by Crippen LogP contribution is -2.31. The molecule has 1 atom stereocenters. The van der Waals surface area contributed by atoms with Gasteiger partial charge < -0.3 is 9.63 Å². The summed E-state index contributed by atoms with van der Waals surface area (Å²) in [5.41, 5.74) is 2.44. The number of rotatable bonds is 5. The van der Waals surface area contributed by atoms with Gasteiger partial charge in [0.15, 0.2) is 5.82 Å². The van der Waals surface area contributed by atoms with Crippen molar-refractivity contribution < 1.29 is 9.63 Å². The van der Waals surface area contributed by atoms with Gasteiger partial charge in [-0.3, -0.25) is 4.90 Å². The van der Waals surface area contributed by atoms with E-state index < -0.39 is 0 Å². The molecule has 0 bridgehead atoms. The maximum Gasteiger partial charge on any atom is 0.231 e. The molecule has 21 heavy (non-hydrogen) atoms. The molecule has 5 heteroatoms. The molecule has 1 N–H and O–H groups in total. The van der Waals surface area contributed by atoms with Crippen LogP contribution >= 0.6 is 0 Å². The molecule has 1 fully saturated rings. The van der Waals surface area contributed by atoms with Crippen LogP contribution in [0.4, 0.5) is 0 Å². The summed E-state index contributed by atoms with van der Waals surface area (Å²) >= 11 is 0. The maximum absolute atomic E-state index is 9.34. The summed E-state index contributed by atoms with van der Waals surface area (Å²) < 4.78 is 5.35. The van der Waals surface area contributed by atoms with Crippen molar-refractivity contribution in [3.8, 4) is 0 Å². The monoisotopic (exact) mass is 287 g/mol. The minimum atomic E-state index is 0.202. The molecule has 3 rings (SSSR count). The Balaban J connectivity index is 1.65. The first kappa shape index (κ1) is 14.2. The third-order valence-corrected chi connectivity index (χ3v) is 4.17. The van der Waals surface area contributed by atoms with E-state index in [-0.39, 0.29) is 12.6 Å². The van der Waals surface area contributed by atoms with E-state index in [1.165, 1.54) is 11.1 Å². The van der Waals surface area contributed by atoms with Gasteiger partial charge in [-0.2, -0.15) is 4.98 Å². The highest BCUT2D eigenvalue weighted by atomic mass is 16.5. The third-order valence-electron chi connectivity index (χ3n) is 4.17. The number of aryl methyl sites for hydroxylation is 1. The Kier molecular flexibility index (Phi) is 4.31. The lowest BCUT2D eigenvalue weighted by atomic mass is 10.1. The summed E-state index contributed by atoms with van der Waals surface area (Å²) in [6, 6.07) is 8.46. The molecule has 0 saturated carbocycles. The number of aliphatic hydroxyl groups is 1. The molecule has 0 radical (unpaired) electrons. The zero-order valence-corrected chi connectivity index (χ0v) is 12.3. The number of hydrogen-bond acceptors (Lipinski definition) is 5. The molecule has 1 saturated heterocycles. The first-order valence-corrected chi connectivity index (χ1v) is 7.47. The average Bonchev–Trinajstić information content (AvgIpc) is 3.11. The van der Waals surface area contributed by atoms with Crippen molar-refractivity contribution in [2.24, 2.45) is 0 Å². The van der Waals surface area contributed by atoms with Crippen LogP contribution < -0.4 is 0 Å². The molecule has 1 aliphatic rings. The standard InChI is InChI=1S/C16H21N3O2/c1-12-5-2-3-6-13(12)9-16-17-15(18-21-16)10-19-8-4-7-14(19)11-20/h2-3,5-6,14,20H,4,7-11H2,1H3. The van der Waals surface area contributed by atoms with Crippen molar-refractivity contribution >= 4 is 0 Å². The van der Waals surface area contributed by atoms with E-state index in [1.807, 2.05) is 12.1 Å². The smallest absolute Gasteiger partial charge is 0.231 e. The number of likely N-dealkylation sites (tertiary alicyclic amines) is 1. The Morgan fingerprint density at radius 1 is 1.38 bits per heavy atom. The molecule has 1 aromatic carbocycles. The first-order valence-electron chi connectivity index (χ1n) is 7.47. The number of hydrogen-bond donors (Lipinski definition) is 1. The van der Waals surface area contributed by atoms with Gasteiger partial charge in [-0.05, 0) is 37.4 Å². The van der Waals surface area contributed by atoms with Crippen LogP contribution in [0.5, 0.6) is 0 Å². The molecule has 5 nitrogen and oxygen atoms in total. The van der Waals surface area contributed by atoms with Crippen molar-refractivity contribution in [2.75, 3.05) is 13.2 Å². The summed E-state index contributed by atoms with van der Waals surface area (Å²) in [6.07, 6.45) is 2.84. The van der Waals surface area contributed by atoms with Gasteiger partial charge in [0.05, 0.1) is 19.6 Å². The van der Waals surface area contributed by atoms with Gasteiger partial charge in [-0.25, -0.2) is 0 Å². The predicted octanol–water partition coefficient (Wildman–Crippen LogP) is 1.93. The largest absolute Gasteiger partial charge is 0.395 e. The maximum atomic E-state index is 9.34. The zero-order chi connectivity index (χ0) is 14.7. The minimum Gasteiger partial charge on any atom is -0.395 e. The summed E-state index contributed by atoms with van der Waals surface area (Å²) in [5, 5.41) is 13.4. The molecule has 1 aliphatic heterocycles. The van der Waals surface area contributed by atoms with E-state index in [1.54, 1.807) is 0 Å². The van der Waals surface area contributed by atoms with Gasteiger partial charge in [0.25, 0.3) is 0 Å². The number of aliphatic hydroxyl groups excluding tert-OH is 1. The number of nitrogens with zero attached hydrogens (tertiary/aromatic N) is 3. The second kappa shape index (κ2) is 6.37. The van der Waals surface area contributed by atoms with Gasteiger partial charge in [0.2, 0.25) is 5.89 Å². The predicted molar refractivity (Wildman–Crippen MR) is 78.8 cm³/mol. The van der Waals surface area contributed by atoms with E-state index in [9.17, 15) is 5.11 Å². The van der Waals surface area contributed by atoms with Crippen LogP contribution in [0.1, 0.15) is 35.7 Å². The molecule has 0 spiro atoms. The van der Waals surface area contributed by atoms with Crippen LogP contribution in [-0.2, 0) is 13.0 Å². The Hall–Kier alpha value is -1.72. The van der Waals surface area contributed by atoms with Gasteiger partial charge in [-0.1, -0.05) is 29.4 Å². The molecule has 2 heterocycles. The zero-order valence-electron chi connectivity index (χ0n) is 12.3. The highest BCUT2D eigenvalue weighted by molar-refractivity contribution is 5.27. The van der Waals surface area contributed by atoms with Gasteiger partial charge in [0, 0.05) is 6.04 Å². The highest BCUT2D eigenvalue weighted by Crippen LogP contribution is 2.19. The van der Waals surface area contributed by atoms with Crippen molar-refractivity contribution in [3.63, 3.8) is 0 Å². The molecule has 1 unspecified atom stereocenters. The Bertz CT molecular complexity index is 597. The van der Waals surface area contributed by atoms with Gasteiger partial charge >= 0.3 is 0 Å². The fraction of sp³-hybridized carbons (Fsp3) is 0.500. The lowest BCUT2D eigenvalue weighted by molar-refractivity contribution is 0.150. The van der Waals surface area contributed by atoms with Crippen LogP contribution in [0.3, 0.4) is 0 Å². The van der Waals surface area contributed by atoms with Crippen molar-refractivity contribution in [1.82, 2.24) is 15.0 Å². The first-order chi connectivity index (χ1) is 10.3. The van der Waals surface area contributed by atoms with Crippen molar-refractivity contribution in [2.45, 2.75) is 38.8 Å². The summed E-state index contributed by atoms with van der Waals surface area (Å²) in [6.45, 7) is 3.94. The van der Waals surface area contributed by atoms with E-state index in [2.05, 4.69) is 34.1 Å². The molecule has 112 valence electrons. The molecule has 0 amide bonds. The topological polar surface area (TPSA) is 62.4 Å². The van der Waals surface area contributed by atoms with Crippen LogP contribution in [0, 0.1) is 6.92 Å². The Labute approximate surface area is 124 Å². The summed E-state index contributed by atoms with van der Waals surface area (Å²) in [5.74, 6) is 1.36. The normalized spacial score (nSPS) is 19.2. The van der Waals surface area contributed by atoms with Crippen molar-refractivity contribution in [3.05, 3.63) is 47.1 Å². The average molecular weight is 287 g/mol. The second-order valence-electron chi connectivity index (χ2n) is 5.66. The number of benzene rings is 1. The molecule has 1 aromatic heterocycles. The lowest BCUT2D eigenvalue weighted by Gasteiger charge is -2.20. The highest BCUT2D eigenvalue weighted by Gasteiger charge is 2.25. The molecular formula is C16H21N3O2. The SMILES string of the molecule is Cc1ccccc1Cc1nc(CN2CCCC2CO)no1. The minimum absolute atomic E-state index is 0.202. The van der Waals surface area contributed by atoms with E-state index in [0.717, 1.165) is 19.4 Å². The fourth-order valence-corrected chi connectivity index (χ4v) is 2.89. The van der Waals surface area contributed by atoms with Crippen LogP contribution in [0.15, 0.2) is 28.8 Å². The van der Waals surface area contributed by atoms with Crippen molar-refractivity contribution in [1.29, 1.82) is 0 Å². The molecule has 2 aromatic rings. The summed E-state index contributed by atoms with van der Waals surface area (Å²) in [7, 11) is 0. The quantitative estimate of drug-likeness (QED) is 0.910. The van der Waals surface area contributed by atoms with E-state index in [4.69, 9.17) is 4.52 Å².